The van der Waals surface area contributed by atoms with Gasteiger partial charge in [-0.15, -0.1) is 0 Å². The average Bonchev–Trinajstić information content (AvgIpc) is 2.87. The van der Waals surface area contributed by atoms with Crippen LogP contribution in [0.2, 0.25) is 0 Å². The molecule has 0 aliphatic carbocycles. The molecular weight excluding hydrogens is 262 g/mol. The Balaban J connectivity index is 1.90. The van der Waals surface area contributed by atoms with Gasteiger partial charge in [0.1, 0.15) is 0 Å². The molecule has 21 heavy (non-hydrogen) atoms. The van der Waals surface area contributed by atoms with Crippen LogP contribution in [0.3, 0.4) is 0 Å². The van der Waals surface area contributed by atoms with E-state index in [2.05, 4.69) is 26.8 Å². The van der Waals surface area contributed by atoms with E-state index in [1.165, 1.54) is 0 Å². The zero-order chi connectivity index (χ0) is 14.8. The number of nitrogens with zero attached hydrogens (tertiary/aromatic N) is 3. The minimum Gasteiger partial charge on any atom is -0.399 e. The number of aromatic amines is 1. The van der Waals surface area contributed by atoms with Crippen LogP contribution in [-0.2, 0) is 6.54 Å². The zero-order valence-corrected chi connectivity index (χ0v) is 12.3. The lowest BCUT2D eigenvalue weighted by atomic mass is 10.3. The van der Waals surface area contributed by atoms with Crippen LogP contribution in [0, 0.1) is 6.92 Å². The summed E-state index contributed by atoms with van der Waals surface area (Å²) in [5.74, 6) is 0.849. The number of nitrogen functional groups attached to an aromatic ring is 1. The van der Waals surface area contributed by atoms with Crippen LogP contribution in [0.25, 0.3) is 11.0 Å². The lowest BCUT2D eigenvalue weighted by Gasteiger charge is -2.19. The van der Waals surface area contributed by atoms with Crippen molar-refractivity contribution in [1.29, 1.82) is 0 Å². The number of rotatable bonds is 4. The summed E-state index contributed by atoms with van der Waals surface area (Å²) in [7, 11) is 0. The third kappa shape index (κ3) is 2.81. The molecule has 2 aromatic heterocycles. The van der Waals surface area contributed by atoms with E-state index in [0.29, 0.717) is 0 Å². The maximum absolute atomic E-state index is 5.81. The number of H-pyrrole nitrogens is 1. The van der Waals surface area contributed by atoms with E-state index in [0.717, 1.165) is 47.1 Å². The Bertz CT molecular complexity index is 762. The van der Waals surface area contributed by atoms with Crippen molar-refractivity contribution in [3.05, 3.63) is 47.8 Å². The number of fused-ring (bicyclic) bond motifs is 1. The van der Waals surface area contributed by atoms with Gasteiger partial charge in [0.25, 0.3) is 0 Å². The van der Waals surface area contributed by atoms with Gasteiger partial charge in [-0.05, 0) is 44.2 Å². The van der Waals surface area contributed by atoms with Crippen molar-refractivity contribution in [3.63, 3.8) is 0 Å². The first kappa shape index (κ1) is 13.4. The third-order valence-corrected chi connectivity index (χ3v) is 3.47. The Kier molecular flexibility index (Phi) is 3.48. The van der Waals surface area contributed by atoms with Crippen LogP contribution in [0.5, 0.6) is 0 Å². The van der Waals surface area contributed by atoms with E-state index < -0.39 is 0 Å². The van der Waals surface area contributed by atoms with Gasteiger partial charge in [-0.25, -0.2) is 4.98 Å². The Labute approximate surface area is 123 Å². The summed E-state index contributed by atoms with van der Waals surface area (Å²) < 4.78 is 0. The lowest BCUT2D eigenvalue weighted by molar-refractivity contribution is 0.781. The quantitative estimate of drug-likeness (QED) is 0.721. The van der Waals surface area contributed by atoms with Crippen molar-refractivity contribution in [1.82, 2.24) is 15.0 Å². The molecule has 1 aromatic carbocycles. The van der Waals surface area contributed by atoms with E-state index in [1.54, 1.807) is 0 Å². The standard InChI is InChI=1S/C16H19N5/c1-3-21(10-13-6-4-5-11(2)18-13)16-19-14-8-7-12(17)9-15(14)20-16/h4-9H,3,10,17H2,1-2H3,(H,19,20). The van der Waals surface area contributed by atoms with Crippen molar-refractivity contribution >= 4 is 22.7 Å². The summed E-state index contributed by atoms with van der Waals surface area (Å²) in [5, 5.41) is 0. The predicted octanol–water partition coefficient (Wildman–Crippen LogP) is 2.88. The van der Waals surface area contributed by atoms with Gasteiger partial charge in [-0.1, -0.05) is 6.07 Å². The molecule has 2 heterocycles. The van der Waals surface area contributed by atoms with Gasteiger partial charge in [0.05, 0.1) is 23.3 Å². The van der Waals surface area contributed by atoms with Gasteiger partial charge < -0.3 is 15.6 Å². The van der Waals surface area contributed by atoms with Crippen LogP contribution >= 0.6 is 0 Å². The van der Waals surface area contributed by atoms with Gasteiger partial charge >= 0.3 is 0 Å². The van der Waals surface area contributed by atoms with Crippen molar-refractivity contribution in [3.8, 4) is 0 Å². The number of aromatic nitrogens is 3. The molecule has 0 amide bonds. The molecule has 3 aromatic rings. The second kappa shape index (κ2) is 5.44. The number of hydrogen-bond acceptors (Lipinski definition) is 4. The highest BCUT2D eigenvalue weighted by molar-refractivity contribution is 5.80. The highest BCUT2D eigenvalue weighted by Crippen LogP contribution is 2.20. The molecular formula is C16H19N5. The fourth-order valence-electron chi connectivity index (χ4n) is 2.38. The van der Waals surface area contributed by atoms with E-state index >= 15 is 0 Å². The predicted molar refractivity (Wildman–Crippen MR) is 86.2 cm³/mol. The summed E-state index contributed by atoms with van der Waals surface area (Å²) >= 11 is 0. The van der Waals surface area contributed by atoms with E-state index in [-0.39, 0.29) is 0 Å². The number of nitrogens with one attached hydrogen (secondary N) is 1. The molecule has 5 heteroatoms. The van der Waals surface area contributed by atoms with E-state index in [9.17, 15) is 0 Å². The zero-order valence-electron chi connectivity index (χ0n) is 12.3. The molecule has 0 fully saturated rings. The second-order valence-electron chi connectivity index (χ2n) is 5.12. The summed E-state index contributed by atoms with van der Waals surface area (Å²) in [6.45, 7) is 5.69. The molecule has 0 saturated heterocycles. The molecule has 3 N–H and O–H groups in total. The molecule has 3 rings (SSSR count). The number of pyridine rings is 1. The minimum absolute atomic E-state index is 0.730. The number of anilines is 2. The molecule has 0 aliphatic rings. The normalized spacial score (nSPS) is 11.0. The van der Waals surface area contributed by atoms with Gasteiger partial charge in [0.15, 0.2) is 0 Å². The largest absolute Gasteiger partial charge is 0.399 e. The summed E-state index contributed by atoms with van der Waals surface area (Å²) in [6, 6.07) is 11.8. The molecule has 0 aliphatic heterocycles. The Hall–Kier alpha value is -2.56. The van der Waals surface area contributed by atoms with Gasteiger partial charge in [0.2, 0.25) is 5.95 Å². The molecule has 0 spiro atoms. The van der Waals surface area contributed by atoms with Crippen molar-refractivity contribution < 1.29 is 0 Å². The molecule has 0 unspecified atom stereocenters. The summed E-state index contributed by atoms with van der Waals surface area (Å²) in [4.78, 5) is 14.7. The highest BCUT2D eigenvalue weighted by atomic mass is 15.3. The van der Waals surface area contributed by atoms with Gasteiger partial charge in [-0.2, -0.15) is 0 Å². The molecule has 0 saturated carbocycles. The van der Waals surface area contributed by atoms with Gasteiger partial charge in [0, 0.05) is 17.9 Å². The fourth-order valence-corrected chi connectivity index (χ4v) is 2.38. The number of aryl methyl sites for hydroxylation is 1. The van der Waals surface area contributed by atoms with Gasteiger partial charge in [-0.3, -0.25) is 4.98 Å². The fraction of sp³-hybridized carbons (Fsp3) is 0.250. The van der Waals surface area contributed by atoms with E-state index in [1.807, 2.05) is 43.3 Å². The van der Waals surface area contributed by atoms with Crippen LogP contribution < -0.4 is 10.6 Å². The topological polar surface area (TPSA) is 70.8 Å². The Morgan fingerprint density at radius 2 is 2.05 bits per heavy atom. The number of benzene rings is 1. The molecule has 0 bridgehead atoms. The Morgan fingerprint density at radius 3 is 2.81 bits per heavy atom. The summed E-state index contributed by atoms with van der Waals surface area (Å²) in [6.07, 6.45) is 0. The van der Waals surface area contributed by atoms with Crippen LogP contribution in [0.15, 0.2) is 36.4 Å². The molecule has 0 atom stereocenters. The van der Waals surface area contributed by atoms with Crippen molar-refractivity contribution in [2.24, 2.45) is 0 Å². The number of imidazole rings is 1. The van der Waals surface area contributed by atoms with Crippen molar-refractivity contribution in [2.45, 2.75) is 20.4 Å². The lowest BCUT2D eigenvalue weighted by Crippen LogP contribution is -2.23. The van der Waals surface area contributed by atoms with Crippen LogP contribution in [0.4, 0.5) is 11.6 Å². The first-order chi connectivity index (χ1) is 10.2. The highest BCUT2D eigenvalue weighted by Gasteiger charge is 2.11. The summed E-state index contributed by atoms with van der Waals surface area (Å²) in [5.41, 5.74) is 10.5. The van der Waals surface area contributed by atoms with Crippen LogP contribution in [-0.4, -0.2) is 21.5 Å². The number of hydrogen-bond donors (Lipinski definition) is 2. The second-order valence-corrected chi connectivity index (χ2v) is 5.12. The average molecular weight is 281 g/mol. The third-order valence-electron chi connectivity index (χ3n) is 3.47. The maximum Gasteiger partial charge on any atom is 0.204 e. The minimum atomic E-state index is 0.730. The molecule has 5 nitrogen and oxygen atoms in total. The smallest absolute Gasteiger partial charge is 0.204 e. The Morgan fingerprint density at radius 1 is 1.19 bits per heavy atom. The van der Waals surface area contributed by atoms with Crippen molar-refractivity contribution in [2.75, 3.05) is 17.2 Å². The number of nitrogens with two attached hydrogens (primary N) is 1. The maximum atomic E-state index is 5.81. The van der Waals surface area contributed by atoms with E-state index in [4.69, 9.17) is 5.73 Å². The first-order valence-electron chi connectivity index (χ1n) is 7.08. The van der Waals surface area contributed by atoms with Crippen LogP contribution in [0.1, 0.15) is 18.3 Å². The molecule has 0 radical (unpaired) electrons. The molecule has 108 valence electrons. The first-order valence-corrected chi connectivity index (χ1v) is 7.08. The SMILES string of the molecule is CCN(Cc1cccc(C)n1)c1nc2ccc(N)cc2[nH]1. The monoisotopic (exact) mass is 281 g/mol.